The van der Waals surface area contributed by atoms with Gasteiger partial charge in [0.1, 0.15) is 22.3 Å². The molecule has 1 aliphatic carbocycles. The molecule has 52 heavy (non-hydrogen) atoms. The summed E-state index contributed by atoms with van der Waals surface area (Å²) in [4.78, 5) is 10.5. The minimum Gasteiger partial charge on any atom is -0.455 e. The van der Waals surface area contributed by atoms with Gasteiger partial charge in [-0.05, 0) is 46.5 Å². The highest BCUT2D eigenvalue weighted by molar-refractivity contribution is 9.10. The Balaban J connectivity index is 1.02. The summed E-state index contributed by atoms with van der Waals surface area (Å²) >= 11 is 3.71. The summed E-state index contributed by atoms with van der Waals surface area (Å²) in [6, 6.07) is 52.9. The molecule has 0 saturated carbocycles. The Bertz CT molecular complexity index is 3050. The first-order valence-electron chi connectivity index (χ1n) is 17.4. The van der Waals surface area contributed by atoms with E-state index in [1.807, 2.05) is 24.3 Å². The van der Waals surface area contributed by atoms with Crippen molar-refractivity contribution in [2.24, 2.45) is 0 Å². The lowest BCUT2D eigenvalue weighted by atomic mass is 9.97. The third kappa shape index (κ3) is 4.52. The van der Waals surface area contributed by atoms with Gasteiger partial charge in [0.05, 0.1) is 11.4 Å². The molecule has 0 spiro atoms. The number of hydrogen-bond acceptors (Lipinski definition) is 4. The fourth-order valence-corrected chi connectivity index (χ4v) is 8.29. The molecule has 1 aliphatic rings. The maximum Gasteiger partial charge on any atom is 0.160 e. The van der Waals surface area contributed by atoms with E-state index in [4.69, 9.17) is 18.8 Å². The van der Waals surface area contributed by atoms with Gasteiger partial charge in [-0.15, -0.1) is 0 Å². The first kappa shape index (κ1) is 29.4. The summed E-state index contributed by atoms with van der Waals surface area (Å²) < 4.78 is 13.8. The Morgan fingerprint density at radius 2 is 1.00 bits per heavy atom. The number of furan rings is 2. The Morgan fingerprint density at radius 1 is 0.462 bits per heavy atom. The molecule has 5 heteroatoms. The fourth-order valence-electron chi connectivity index (χ4n) is 7.93. The fraction of sp³-hybridized carbons (Fsp3) is 0.0213. The first-order valence-corrected chi connectivity index (χ1v) is 18.2. The largest absolute Gasteiger partial charge is 0.455 e. The van der Waals surface area contributed by atoms with Gasteiger partial charge in [-0.1, -0.05) is 143 Å². The molecule has 244 valence electrons. The molecule has 0 unspecified atom stereocenters. The van der Waals surface area contributed by atoms with E-state index >= 15 is 0 Å². The summed E-state index contributed by atoms with van der Waals surface area (Å²) in [5, 5.41) is 4.50. The molecule has 7 aromatic carbocycles. The van der Waals surface area contributed by atoms with Crippen LogP contribution in [0.25, 0.3) is 99.9 Å². The zero-order valence-electron chi connectivity index (χ0n) is 27.7. The standard InChI is InChI=1S/C47H27BrN2O2/c48-32-24-23-31-25-40-43(39(31)26-32)44(29-19-15-27(16-20-29)33-9-5-11-37-35-7-1-3-13-41(35)51-45(33)37)50-47(49-40)30-21-17-28(18-22-30)34-10-6-12-38-36-8-2-4-14-42(36)52-46(34)38/h1-24,26H,25H2. The van der Waals surface area contributed by atoms with E-state index in [0.29, 0.717) is 5.82 Å². The lowest BCUT2D eigenvalue weighted by molar-refractivity contribution is 0.669. The van der Waals surface area contributed by atoms with Crippen molar-refractivity contribution >= 4 is 59.8 Å². The summed E-state index contributed by atoms with van der Waals surface area (Å²) in [5.74, 6) is 0.713. The van der Waals surface area contributed by atoms with Gasteiger partial charge in [0, 0.05) is 60.3 Å². The maximum absolute atomic E-state index is 6.37. The van der Waals surface area contributed by atoms with Gasteiger partial charge in [-0.3, -0.25) is 0 Å². The summed E-state index contributed by atoms with van der Waals surface area (Å²) in [6.45, 7) is 0. The average molecular weight is 732 g/mol. The minimum atomic E-state index is 0.713. The molecule has 0 atom stereocenters. The second kappa shape index (κ2) is 11.4. The number of benzene rings is 7. The van der Waals surface area contributed by atoms with Crippen LogP contribution in [0.3, 0.4) is 0 Å². The number of para-hydroxylation sites is 4. The van der Waals surface area contributed by atoms with Crippen molar-refractivity contribution in [1.29, 1.82) is 0 Å². The van der Waals surface area contributed by atoms with E-state index in [0.717, 1.165) is 105 Å². The maximum atomic E-state index is 6.37. The zero-order valence-corrected chi connectivity index (χ0v) is 29.3. The summed E-state index contributed by atoms with van der Waals surface area (Å²) in [7, 11) is 0. The van der Waals surface area contributed by atoms with Gasteiger partial charge in [-0.25, -0.2) is 9.97 Å². The van der Waals surface area contributed by atoms with E-state index in [9.17, 15) is 0 Å². The molecule has 10 aromatic rings. The predicted octanol–water partition coefficient (Wildman–Crippen LogP) is 13.3. The van der Waals surface area contributed by atoms with E-state index in [-0.39, 0.29) is 0 Å². The highest BCUT2D eigenvalue weighted by atomic mass is 79.9. The van der Waals surface area contributed by atoms with Crippen LogP contribution in [-0.4, -0.2) is 9.97 Å². The normalized spacial score (nSPS) is 12.2. The SMILES string of the molecule is Brc1ccc2c(c1)-c1c(nc(-c3ccc(-c4cccc5c4oc4ccccc45)cc3)nc1-c1ccc(-c3cccc4c3oc3ccccc34)cc1)C2. The average Bonchev–Trinajstić information content (AvgIpc) is 3.89. The van der Waals surface area contributed by atoms with Gasteiger partial charge >= 0.3 is 0 Å². The summed E-state index contributed by atoms with van der Waals surface area (Å²) in [6.07, 6.45) is 0.763. The molecule has 0 bridgehead atoms. The van der Waals surface area contributed by atoms with Gasteiger partial charge in [0.25, 0.3) is 0 Å². The number of fused-ring (bicyclic) bond motifs is 9. The number of nitrogens with zero attached hydrogens (tertiary/aromatic N) is 2. The molecule has 0 aliphatic heterocycles. The van der Waals surface area contributed by atoms with Crippen molar-refractivity contribution < 1.29 is 8.83 Å². The number of halogens is 1. The molecule has 3 aromatic heterocycles. The molecule has 0 fully saturated rings. The lowest BCUT2D eigenvalue weighted by Crippen LogP contribution is -1.99. The highest BCUT2D eigenvalue weighted by Crippen LogP contribution is 2.44. The molecule has 0 saturated heterocycles. The van der Waals surface area contributed by atoms with Gasteiger partial charge in [0.2, 0.25) is 0 Å². The van der Waals surface area contributed by atoms with Crippen molar-refractivity contribution in [1.82, 2.24) is 9.97 Å². The highest BCUT2D eigenvalue weighted by Gasteiger charge is 2.27. The van der Waals surface area contributed by atoms with E-state index < -0.39 is 0 Å². The predicted molar refractivity (Wildman–Crippen MR) is 214 cm³/mol. The second-order valence-electron chi connectivity index (χ2n) is 13.4. The van der Waals surface area contributed by atoms with Crippen molar-refractivity contribution in [3.05, 3.63) is 167 Å². The molecule has 0 amide bonds. The topological polar surface area (TPSA) is 52.1 Å². The van der Waals surface area contributed by atoms with Crippen LogP contribution in [0.5, 0.6) is 0 Å². The van der Waals surface area contributed by atoms with Crippen LogP contribution in [0.4, 0.5) is 0 Å². The molecule has 11 rings (SSSR count). The van der Waals surface area contributed by atoms with Gasteiger partial charge < -0.3 is 8.83 Å². The first-order chi connectivity index (χ1) is 25.7. The molecule has 4 nitrogen and oxygen atoms in total. The smallest absolute Gasteiger partial charge is 0.160 e. The molecular formula is C47H27BrN2O2. The van der Waals surface area contributed by atoms with Crippen molar-refractivity contribution in [3.63, 3.8) is 0 Å². The Kier molecular flexibility index (Phi) is 6.43. The van der Waals surface area contributed by atoms with Crippen LogP contribution >= 0.6 is 15.9 Å². The number of rotatable bonds is 4. The van der Waals surface area contributed by atoms with Crippen molar-refractivity contribution in [3.8, 4) is 56.0 Å². The minimum absolute atomic E-state index is 0.713. The van der Waals surface area contributed by atoms with Crippen LogP contribution in [0.15, 0.2) is 165 Å². The third-order valence-electron chi connectivity index (χ3n) is 10.4. The third-order valence-corrected chi connectivity index (χ3v) is 10.9. The monoisotopic (exact) mass is 730 g/mol. The van der Waals surface area contributed by atoms with E-state index in [2.05, 4.69) is 143 Å². The van der Waals surface area contributed by atoms with Gasteiger partial charge in [-0.2, -0.15) is 0 Å². The molecule has 0 radical (unpaired) electrons. The van der Waals surface area contributed by atoms with E-state index in [1.54, 1.807) is 0 Å². The van der Waals surface area contributed by atoms with Crippen LogP contribution in [0.1, 0.15) is 11.3 Å². The zero-order chi connectivity index (χ0) is 34.3. The molecule has 3 heterocycles. The Labute approximate surface area is 307 Å². The van der Waals surface area contributed by atoms with Gasteiger partial charge in [0.15, 0.2) is 5.82 Å². The second-order valence-corrected chi connectivity index (χ2v) is 14.3. The van der Waals surface area contributed by atoms with Crippen LogP contribution in [0, 0.1) is 0 Å². The number of hydrogen-bond donors (Lipinski definition) is 0. The molecular weight excluding hydrogens is 704 g/mol. The Morgan fingerprint density at radius 3 is 1.62 bits per heavy atom. The quantitative estimate of drug-likeness (QED) is 0.181. The summed E-state index contributed by atoms with van der Waals surface area (Å²) in [5.41, 5.74) is 15.4. The Hall–Kier alpha value is -6.30. The van der Waals surface area contributed by atoms with Crippen molar-refractivity contribution in [2.45, 2.75) is 6.42 Å². The van der Waals surface area contributed by atoms with Crippen LogP contribution in [0.2, 0.25) is 0 Å². The lowest BCUT2D eigenvalue weighted by Gasteiger charge is -2.13. The molecule has 0 N–H and O–H groups in total. The van der Waals surface area contributed by atoms with Crippen LogP contribution < -0.4 is 0 Å². The number of aromatic nitrogens is 2. The van der Waals surface area contributed by atoms with Crippen molar-refractivity contribution in [2.75, 3.05) is 0 Å². The van der Waals surface area contributed by atoms with E-state index in [1.165, 1.54) is 11.1 Å². The van der Waals surface area contributed by atoms with Crippen LogP contribution in [-0.2, 0) is 6.42 Å².